The number of benzene rings is 2. The zero-order valence-corrected chi connectivity index (χ0v) is 18.0. The first kappa shape index (κ1) is 24.1. The SMILES string of the molecule is NC(=Nc1c(F)cc(F)cc1F)c1cnc(Nc2cc(F)c(O)c(F)c2)nc1NC1CCOCC1. The van der Waals surface area contributed by atoms with Crippen LogP contribution in [0.1, 0.15) is 18.4 Å². The summed E-state index contributed by atoms with van der Waals surface area (Å²) in [5, 5.41) is 15.0. The van der Waals surface area contributed by atoms with Crippen LogP contribution in [0.25, 0.3) is 0 Å². The molecule has 0 spiro atoms. The zero-order chi connectivity index (χ0) is 25.1. The summed E-state index contributed by atoms with van der Waals surface area (Å²) in [5.74, 6) is -7.46. The molecule has 0 bridgehead atoms. The molecular weight excluding hydrogens is 475 g/mol. The lowest BCUT2D eigenvalue weighted by molar-refractivity contribution is 0.0904. The minimum atomic E-state index is -1.25. The molecule has 0 amide bonds. The van der Waals surface area contributed by atoms with Crippen LogP contribution in [0.4, 0.5) is 45.1 Å². The summed E-state index contributed by atoms with van der Waals surface area (Å²) in [4.78, 5) is 12.1. The van der Waals surface area contributed by atoms with E-state index in [0.717, 1.165) is 12.1 Å². The average molecular weight is 494 g/mol. The van der Waals surface area contributed by atoms with Gasteiger partial charge < -0.3 is 26.2 Å². The zero-order valence-electron chi connectivity index (χ0n) is 18.0. The van der Waals surface area contributed by atoms with Crippen LogP contribution in [0.15, 0.2) is 35.5 Å². The standard InChI is InChI=1S/C22H19F5N6O2/c23-10-5-14(24)18(15(25)6-10)32-20(28)13-9-29-22(31-12-7-16(26)19(34)17(27)8-12)33-21(13)30-11-1-3-35-4-2-11/h5-9,11,34H,1-4H2,(H2,28,32)(H2,29,30,31,33). The minimum Gasteiger partial charge on any atom is -0.503 e. The summed E-state index contributed by atoms with van der Waals surface area (Å²) < 4.78 is 74.1. The summed E-state index contributed by atoms with van der Waals surface area (Å²) in [5.41, 5.74) is 5.20. The number of nitrogens with one attached hydrogen (secondary N) is 2. The largest absolute Gasteiger partial charge is 0.503 e. The third-order valence-corrected chi connectivity index (χ3v) is 5.11. The van der Waals surface area contributed by atoms with Gasteiger partial charge in [0.2, 0.25) is 5.95 Å². The predicted molar refractivity (Wildman–Crippen MR) is 118 cm³/mol. The highest BCUT2D eigenvalue weighted by molar-refractivity contribution is 6.03. The van der Waals surface area contributed by atoms with Crippen LogP contribution in [0, 0.1) is 29.1 Å². The van der Waals surface area contributed by atoms with Gasteiger partial charge in [-0.3, -0.25) is 0 Å². The number of hydrogen-bond acceptors (Lipinski definition) is 7. The Balaban J connectivity index is 1.70. The van der Waals surface area contributed by atoms with Gasteiger partial charge in [0.25, 0.3) is 0 Å². The first-order valence-corrected chi connectivity index (χ1v) is 10.4. The quantitative estimate of drug-likeness (QED) is 0.175. The van der Waals surface area contributed by atoms with Gasteiger partial charge in [-0.2, -0.15) is 4.98 Å². The second-order valence-corrected chi connectivity index (χ2v) is 7.62. The van der Waals surface area contributed by atoms with E-state index in [1.54, 1.807) is 0 Å². The van der Waals surface area contributed by atoms with Crippen LogP contribution in [-0.2, 0) is 4.74 Å². The Kier molecular flexibility index (Phi) is 6.96. The Morgan fingerprint density at radius 3 is 2.26 bits per heavy atom. The van der Waals surface area contributed by atoms with Crippen molar-refractivity contribution in [2.24, 2.45) is 10.7 Å². The molecule has 5 N–H and O–H groups in total. The smallest absolute Gasteiger partial charge is 0.229 e. The van der Waals surface area contributed by atoms with Gasteiger partial charge in [0.15, 0.2) is 29.0 Å². The van der Waals surface area contributed by atoms with E-state index in [1.807, 2.05) is 0 Å². The fraction of sp³-hybridized carbons (Fsp3) is 0.227. The van der Waals surface area contributed by atoms with E-state index < -0.39 is 40.5 Å². The van der Waals surface area contributed by atoms with Gasteiger partial charge >= 0.3 is 0 Å². The van der Waals surface area contributed by atoms with Gasteiger partial charge in [0.1, 0.15) is 23.2 Å². The number of anilines is 3. The fourth-order valence-corrected chi connectivity index (χ4v) is 3.36. The molecule has 3 aromatic rings. The van der Waals surface area contributed by atoms with Gasteiger partial charge in [-0.1, -0.05) is 0 Å². The molecular formula is C22H19F5N6O2. The maximum atomic E-state index is 14.1. The molecule has 8 nitrogen and oxygen atoms in total. The molecule has 184 valence electrons. The first-order valence-electron chi connectivity index (χ1n) is 10.4. The second kappa shape index (κ2) is 10.1. The molecule has 1 aliphatic rings. The van der Waals surface area contributed by atoms with Crippen molar-refractivity contribution in [3.8, 4) is 5.75 Å². The topological polar surface area (TPSA) is 118 Å². The maximum Gasteiger partial charge on any atom is 0.229 e. The molecule has 35 heavy (non-hydrogen) atoms. The number of hydrogen-bond donors (Lipinski definition) is 4. The molecule has 0 unspecified atom stereocenters. The van der Waals surface area contributed by atoms with Crippen LogP contribution in [0.5, 0.6) is 5.75 Å². The number of phenols is 1. The van der Waals surface area contributed by atoms with Gasteiger partial charge in [-0.25, -0.2) is 31.9 Å². The van der Waals surface area contributed by atoms with Crippen molar-refractivity contribution < 1.29 is 31.8 Å². The number of rotatable bonds is 6. The van der Waals surface area contributed by atoms with E-state index in [4.69, 9.17) is 10.5 Å². The Morgan fingerprint density at radius 2 is 1.63 bits per heavy atom. The Hall–Kier alpha value is -4.00. The first-order chi connectivity index (χ1) is 16.7. The van der Waals surface area contributed by atoms with Crippen molar-refractivity contribution >= 4 is 29.0 Å². The molecule has 1 aliphatic heterocycles. The number of aliphatic imine (C=N–C) groups is 1. The lowest BCUT2D eigenvalue weighted by atomic mass is 10.1. The number of amidine groups is 1. The Morgan fingerprint density at radius 1 is 1.00 bits per heavy atom. The van der Waals surface area contributed by atoms with Crippen molar-refractivity contribution in [3.05, 3.63) is 65.1 Å². The van der Waals surface area contributed by atoms with E-state index in [-0.39, 0.29) is 34.9 Å². The van der Waals surface area contributed by atoms with Crippen LogP contribution >= 0.6 is 0 Å². The molecule has 13 heteroatoms. The molecule has 0 radical (unpaired) electrons. The number of nitrogens with two attached hydrogens (primary N) is 1. The average Bonchev–Trinajstić information content (AvgIpc) is 2.80. The van der Waals surface area contributed by atoms with E-state index >= 15 is 0 Å². The van der Waals surface area contributed by atoms with Crippen molar-refractivity contribution in [3.63, 3.8) is 0 Å². The highest BCUT2D eigenvalue weighted by atomic mass is 19.2. The highest BCUT2D eigenvalue weighted by Gasteiger charge is 2.20. The maximum absolute atomic E-state index is 14.1. The summed E-state index contributed by atoms with van der Waals surface area (Å²) in [6.45, 7) is 0.982. The Labute approximate surface area is 195 Å². The third-order valence-electron chi connectivity index (χ3n) is 5.11. The van der Waals surface area contributed by atoms with E-state index in [1.165, 1.54) is 6.20 Å². The number of ether oxygens (including phenoxy) is 1. The molecule has 0 aliphatic carbocycles. The molecule has 1 saturated heterocycles. The van der Waals surface area contributed by atoms with Crippen LogP contribution in [0.2, 0.25) is 0 Å². The van der Waals surface area contributed by atoms with Gasteiger partial charge in [0.05, 0.1) is 5.56 Å². The highest BCUT2D eigenvalue weighted by Crippen LogP contribution is 2.28. The summed E-state index contributed by atoms with van der Waals surface area (Å²) in [6, 6.07) is 2.53. The molecule has 1 aromatic heterocycles. The van der Waals surface area contributed by atoms with Crippen LogP contribution in [-0.4, -0.2) is 40.2 Å². The number of halogens is 5. The van der Waals surface area contributed by atoms with Crippen LogP contribution < -0.4 is 16.4 Å². The predicted octanol–water partition coefficient (Wildman–Crippen LogP) is 4.25. The van der Waals surface area contributed by atoms with E-state index in [0.29, 0.717) is 38.2 Å². The van der Waals surface area contributed by atoms with Crippen molar-refractivity contribution in [1.82, 2.24) is 9.97 Å². The summed E-state index contributed by atoms with van der Waals surface area (Å²) in [7, 11) is 0. The summed E-state index contributed by atoms with van der Waals surface area (Å²) in [6.07, 6.45) is 2.44. The second-order valence-electron chi connectivity index (χ2n) is 7.62. The number of aromatic nitrogens is 2. The lowest BCUT2D eigenvalue weighted by Gasteiger charge is -2.24. The molecule has 2 aromatic carbocycles. The monoisotopic (exact) mass is 494 g/mol. The third kappa shape index (κ3) is 5.57. The molecule has 1 fully saturated rings. The van der Waals surface area contributed by atoms with Crippen molar-refractivity contribution in [2.45, 2.75) is 18.9 Å². The van der Waals surface area contributed by atoms with E-state index in [2.05, 4.69) is 25.6 Å². The molecule has 2 heterocycles. The minimum absolute atomic E-state index is 0.0771. The number of nitrogens with zero attached hydrogens (tertiary/aromatic N) is 3. The van der Waals surface area contributed by atoms with Crippen molar-refractivity contribution in [2.75, 3.05) is 23.8 Å². The summed E-state index contributed by atoms with van der Waals surface area (Å²) >= 11 is 0. The van der Waals surface area contributed by atoms with Crippen LogP contribution in [0.3, 0.4) is 0 Å². The normalized spacial score (nSPS) is 14.7. The van der Waals surface area contributed by atoms with Gasteiger partial charge in [-0.15, -0.1) is 0 Å². The number of phenolic OH excluding ortho intramolecular Hbond substituents is 1. The van der Waals surface area contributed by atoms with Gasteiger partial charge in [-0.05, 0) is 12.8 Å². The van der Waals surface area contributed by atoms with Gasteiger partial charge in [0, 0.05) is 55.4 Å². The molecule has 0 saturated carbocycles. The lowest BCUT2D eigenvalue weighted by Crippen LogP contribution is -2.30. The van der Waals surface area contributed by atoms with Crippen molar-refractivity contribution in [1.29, 1.82) is 0 Å². The van der Waals surface area contributed by atoms with E-state index in [9.17, 15) is 27.1 Å². The molecule has 0 atom stereocenters. The number of aromatic hydroxyl groups is 1. The fourth-order valence-electron chi connectivity index (χ4n) is 3.36. The Bertz CT molecular complexity index is 1240. The molecule has 4 rings (SSSR count).